The largest absolute Gasteiger partial charge is 0.340 e. The molecule has 2 aliphatic heterocycles. The molecule has 0 aromatic carbocycles. The van der Waals surface area contributed by atoms with E-state index in [1.807, 2.05) is 4.90 Å². The number of thiol groups is 1. The summed E-state index contributed by atoms with van der Waals surface area (Å²) in [4.78, 5) is 13.2. The van der Waals surface area contributed by atoms with Crippen LogP contribution in [0.5, 0.6) is 0 Å². The molecule has 80 valence electrons. The third kappa shape index (κ3) is 2.03. The van der Waals surface area contributed by atoms with Gasteiger partial charge < -0.3 is 4.90 Å². The van der Waals surface area contributed by atoms with E-state index in [0.29, 0.717) is 12.1 Å². The first-order valence-corrected chi connectivity index (χ1v) is 7.90. The van der Waals surface area contributed by atoms with Crippen LogP contribution < -0.4 is 0 Å². The van der Waals surface area contributed by atoms with E-state index >= 15 is 0 Å². The van der Waals surface area contributed by atoms with Crippen LogP contribution >= 0.6 is 32.5 Å². The zero-order valence-electron chi connectivity index (χ0n) is 8.05. The van der Waals surface area contributed by atoms with Gasteiger partial charge in [-0.2, -0.15) is 0 Å². The molecule has 2 aliphatic rings. The lowest BCUT2D eigenvalue weighted by Crippen LogP contribution is -2.51. The van der Waals surface area contributed by atoms with Gasteiger partial charge in [0, 0.05) is 43.1 Å². The summed E-state index contributed by atoms with van der Waals surface area (Å²) in [7, 11) is 3.22. The van der Waals surface area contributed by atoms with Crippen LogP contribution in [0.2, 0.25) is 0 Å². The predicted molar refractivity (Wildman–Crippen MR) is 65.1 cm³/mol. The van der Waals surface area contributed by atoms with Gasteiger partial charge in [0.1, 0.15) is 0 Å². The first kappa shape index (κ1) is 11.0. The van der Waals surface area contributed by atoms with Crippen molar-refractivity contribution in [2.75, 3.05) is 13.1 Å². The van der Waals surface area contributed by atoms with Gasteiger partial charge in [-0.3, -0.25) is 4.79 Å². The van der Waals surface area contributed by atoms with Gasteiger partial charge in [-0.15, -0.1) is 0 Å². The lowest BCUT2D eigenvalue weighted by Gasteiger charge is -2.38. The van der Waals surface area contributed by atoms with Gasteiger partial charge in [0.15, 0.2) is 0 Å². The number of carbonyl (C=O) groups is 1. The summed E-state index contributed by atoms with van der Waals surface area (Å²) in [6.45, 7) is 3.45. The lowest BCUT2D eigenvalue weighted by atomic mass is 10.2. The van der Waals surface area contributed by atoms with Crippen LogP contribution in [0.25, 0.3) is 0 Å². The Hall–Kier alpha value is 0.480. The van der Waals surface area contributed by atoms with Crippen molar-refractivity contribution in [1.82, 2.24) is 9.21 Å². The summed E-state index contributed by atoms with van der Waals surface area (Å²) in [5.74, 6) is 0.213. The fourth-order valence-corrected chi connectivity index (χ4v) is 4.60. The van der Waals surface area contributed by atoms with Gasteiger partial charge in [0.2, 0.25) is 5.91 Å². The van der Waals surface area contributed by atoms with Gasteiger partial charge in [-0.25, -0.2) is 4.31 Å². The van der Waals surface area contributed by atoms with E-state index in [2.05, 4.69) is 16.0 Å². The number of nitrogens with zero attached hydrogens (tertiary/aromatic N) is 2. The van der Waals surface area contributed by atoms with E-state index in [9.17, 15) is 4.79 Å². The van der Waals surface area contributed by atoms with Crippen LogP contribution in [0.15, 0.2) is 0 Å². The SMILES string of the molecule is CC(=O)N1CC2CCC(C1)N2SSS. The van der Waals surface area contributed by atoms with Crippen molar-refractivity contribution in [2.24, 2.45) is 0 Å². The maximum Gasteiger partial charge on any atom is 0.219 e. The summed E-state index contributed by atoms with van der Waals surface area (Å²) in [6.07, 6.45) is 2.44. The van der Waals surface area contributed by atoms with E-state index < -0.39 is 0 Å². The van der Waals surface area contributed by atoms with Crippen LogP contribution in [0.3, 0.4) is 0 Å². The molecule has 0 radical (unpaired) electrons. The smallest absolute Gasteiger partial charge is 0.219 e. The highest BCUT2D eigenvalue weighted by Crippen LogP contribution is 2.41. The standard InChI is InChI=1S/C8H14N2OS3/c1-6(11)9-4-7-2-3-8(5-9)10(7)13-14-12/h7-8,12H,2-5H2,1H3. The first-order valence-electron chi connectivity index (χ1n) is 4.74. The maximum absolute atomic E-state index is 11.3. The van der Waals surface area contributed by atoms with Crippen LogP contribution in [0.1, 0.15) is 19.8 Å². The zero-order valence-corrected chi connectivity index (χ0v) is 10.6. The molecule has 1 amide bonds. The fourth-order valence-electron chi connectivity index (χ4n) is 2.28. The first-order chi connectivity index (χ1) is 6.72. The van der Waals surface area contributed by atoms with Crippen LogP contribution in [-0.4, -0.2) is 40.3 Å². The predicted octanol–water partition coefficient (Wildman–Crippen LogP) is 1.82. The second-order valence-electron chi connectivity index (χ2n) is 3.82. The molecule has 0 spiro atoms. The van der Waals surface area contributed by atoms with Crippen molar-refractivity contribution >= 4 is 38.4 Å². The minimum Gasteiger partial charge on any atom is -0.340 e. The average molecular weight is 250 g/mol. The van der Waals surface area contributed by atoms with Gasteiger partial charge >= 0.3 is 0 Å². The normalized spacial score (nSPS) is 32.3. The molecule has 0 aliphatic carbocycles. The number of carbonyl (C=O) groups excluding carboxylic acids is 1. The average Bonchev–Trinajstić information content (AvgIpc) is 2.40. The van der Waals surface area contributed by atoms with Crippen LogP contribution in [-0.2, 0) is 4.79 Å². The van der Waals surface area contributed by atoms with Gasteiger partial charge in [0.25, 0.3) is 0 Å². The van der Waals surface area contributed by atoms with E-state index in [0.717, 1.165) is 13.1 Å². The molecule has 2 fully saturated rings. The van der Waals surface area contributed by atoms with Crippen LogP contribution in [0.4, 0.5) is 0 Å². The molecule has 0 aromatic heterocycles. The molecule has 0 aromatic rings. The molecule has 6 heteroatoms. The van der Waals surface area contributed by atoms with E-state index in [-0.39, 0.29) is 5.91 Å². The van der Waals surface area contributed by atoms with Gasteiger partial charge in [-0.1, -0.05) is 11.7 Å². The van der Waals surface area contributed by atoms with Crippen molar-refractivity contribution in [3.63, 3.8) is 0 Å². The van der Waals surface area contributed by atoms with Crippen molar-refractivity contribution in [3.05, 3.63) is 0 Å². The minimum atomic E-state index is 0.213. The molecule has 2 rings (SSSR count). The van der Waals surface area contributed by atoms with Gasteiger partial charge in [0.05, 0.1) is 0 Å². The van der Waals surface area contributed by atoms with E-state index in [1.54, 1.807) is 17.9 Å². The Morgan fingerprint density at radius 2 is 1.93 bits per heavy atom. The van der Waals surface area contributed by atoms with Crippen molar-refractivity contribution in [2.45, 2.75) is 31.8 Å². The molecular weight excluding hydrogens is 236 g/mol. The number of piperazine rings is 1. The Labute approximate surface area is 97.3 Å². The number of rotatable bonds is 2. The second kappa shape index (κ2) is 4.55. The Morgan fingerprint density at radius 3 is 2.36 bits per heavy atom. The van der Waals surface area contributed by atoms with Crippen molar-refractivity contribution in [1.29, 1.82) is 0 Å². The molecule has 0 N–H and O–H groups in total. The summed E-state index contributed by atoms with van der Waals surface area (Å²) in [5.41, 5.74) is 0. The third-order valence-corrected chi connectivity index (χ3v) is 5.13. The topological polar surface area (TPSA) is 23.6 Å². The van der Waals surface area contributed by atoms with Crippen molar-refractivity contribution in [3.8, 4) is 0 Å². The Kier molecular flexibility index (Phi) is 3.57. The van der Waals surface area contributed by atoms with Crippen molar-refractivity contribution < 1.29 is 4.79 Å². The third-order valence-electron chi connectivity index (χ3n) is 2.98. The number of hydrogen-bond acceptors (Lipinski definition) is 5. The molecule has 2 unspecified atom stereocenters. The fraction of sp³-hybridized carbons (Fsp3) is 0.875. The maximum atomic E-state index is 11.3. The quantitative estimate of drug-likeness (QED) is 0.459. The molecule has 2 bridgehead atoms. The highest BCUT2D eigenvalue weighted by atomic mass is 33.5. The highest BCUT2D eigenvalue weighted by molar-refractivity contribution is 9.04. The Balaban J connectivity index is 2.01. The lowest BCUT2D eigenvalue weighted by molar-refractivity contribution is -0.131. The second-order valence-corrected chi connectivity index (χ2v) is 6.77. The molecule has 2 saturated heterocycles. The molecule has 2 atom stereocenters. The minimum absolute atomic E-state index is 0.213. The summed E-state index contributed by atoms with van der Waals surface area (Å²) >= 11 is 4.16. The molecular formula is C8H14N2OS3. The molecule has 14 heavy (non-hydrogen) atoms. The van der Waals surface area contributed by atoms with E-state index in [1.165, 1.54) is 22.7 Å². The molecule has 2 heterocycles. The highest BCUT2D eigenvalue weighted by Gasteiger charge is 2.41. The van der Waals surface area contributed by atoms with Gasteiger partial charge in [-0.05, 0) is 22.7 Å². The summed E-state index contributed by atoms with van der Waals surface area (Å²) < 4.78 is 2.41. The van der Waals surface area contributed by atoms with Crippen LogP contribution in [0, 0.1) is 0 Å². The summed E-state index contributed by atoms with van der Waals surface area (Å²) in [5, 5.41) is 0. The number of hydrogen-bond donors (Lipinski definition) is 1. The Morgan fingerprint density at radius 1 is 1.36 bits per heavy atom. The van der Waals surface area contributed by atoms with E-state index in [4.69, 9.17) is 0 Å². The number of amides is 1. The summed E-state index contributed by atoms with van der Waals surface area (Å²) in [6, 6.07) is 1.09. The molecule has 3 nitrogen and oxygen atoms in total. The monoisotopic (exact) mass is 250 g/mol. The number of fused-ring (bicyclic) bond motifs is 2. The molecule has 0 saturated carbocycles. The number of likely N-dealkylation sites (tertiary alicyclic amines) is 1. The Bertz CT molecular complexity index is 225. The zero-order chi connectivity index (χ0) is 10.1.